The molecule has 4 unspecified atom stereocenters. The summed E-state index contributed by atoms with van der Waals surface area (Å²) in [5, 5.41) is 10.5. The average molecular weight is 348 g/mol. The van der Waals surface area contributed by atoms with E-state index in [-0.39, 0.29) is 18.3 Å². The maximum atomic E-state index is 10.5. The van der Waals surface area contributed by atoms with E-state index in [4.69, 9.17) is 9.47 Å². The van der Waals surface area contributed by atoms with Crippen molar-refractivity contribution in [2.24, 2.45) is 0 Å². The fourth-order valence-electron chi connectivity index (χ4n) is 4.23. The Bertz CT molecular complexity index is 526. The Balaban J connectivity index is 1.45. The van der Waals surface area contributed by atoms with E-state index in [1.165, 1.54) is 5.56 Å². The summed E-state index contributed by atoms with van der Waals surface area (Å²) < 4.78 is 11.0. The van der Waals surface area contributed by atoms with E-state index in [0.29, 0.717) is 5.92 Å². The number of hydrogen-bond acceptors (Lipinski definition) is 5. The third-order valence-electron chi connectivity index (χ3n) is 5.29. The fraction of sp³-hybridized carbons (Fsp3) is 0.700. The molecule has 1 N–H and O–H groups in total. The van der Waals surface area contributed by atoms with Crippen molar-refractivity contribution in [3.05, 3.63) is 29.8 Å². The van der Waals surface area contributed by atoms with Crippen molar-refractivity contribution in [3.63, 3.8) is 0 Å². The van der Waals surface area contributed by atoms with Gasteiger partial charge in [-0.2, -0.15) is 0 Å². The molecule has 0 radical (unpaired) electrons. The number of ether oxygens (including phenoxy) is 2. The zero-order valence-corrected chi connectivity index (χ0v) is 15.7. The molecular weight excluding hydrogens is 316 g/mol. The minimum absolute atomic E-state index is 0.252. The molecule has 5 heteroatoms. The number of hydrogen-bond donors (Lipinski definition) is 1. The highest BCUT2D eigenvalue weighted by Crippen LogP contribution is 2.28. The van der Waals surface area contributed by atoms with Crippen LogP contribution in [-0.4, -0.2) is 79.6 Å². The van der Waals surface area contributed by atoms with Gasteiger partial charge in [-0.1, -0.05) is 12.1 Å². The van der Waals surface area contributed by atoms with E-state index in [2.05, 4.69) is 35.8 Å². The molecule has 2 saturated heterocycles. The normalized spacial score (nSPS) is 29.7. The molecule has 0 saturated carbocycles. The van der Waals surface area contributed by atoms with Gasteiger partial charge in [0.25, 0.3) is 0 Å². The predicted molar refractivity (Wildman–Crippen MR) is 99.2 cm³/mol. The Morgan fingerprint density at radius 1 is 1.08 bits per heavy atom. The first-order valence-corrected chi connectivity index (χ1v) is 9.45. The molecule has 4 atom stereocenters. The molecule has 1 aromatic rings. The molecule has 2 aliphatic rings. The van der Waals surface area contributed by atoms with E-state index in [1.54, 1.807) is 7.11 Å². The number of benzene rings is 1. The van der Waals surface area contributed by atoms with Gasteiger partial charge in [-0.15, -0.1) is 0 Å². The van der Waals surface area contributed by atoms with Gasteiger partial charge in [0.05, 0.1) is 25.4 Å². The van der Waals surface area contributed by atoms with E-state index >= 15 is 0 Å². The quantitative estimate of drug-likeness (QED) is 0.851. The third-order valence-corrected chi connectivity index (χ3v) is 5.29. The zero-order chi connectivity index (χ0) is 17.8. The number of β-amino-alcohol motifs (C(OH)–C–C–N with tert-alkyl or cyclic N) is 1. The summed E-state index contributed by atoms with van der Waals surface area (Å²) in [7, 11) is 1.70. The molecule has 140 valence electrons. The second-order valence-electron chi connectivity index (χ2n) is 7.65. The van der Waals surface area contributed by atoms with Gasteiger partial charge in [0.15, 0.2) is 0 Å². The van der Waals surface area contributed by atoms with Crippen molar-refractivity contribution in [2.75, 3.05) is 46.4 Å². The number of likely N-dealkylation sites (tertiary alicyclic amines) is 1. The lowest BCUT2D eigenvalue weighted by Crippen LogP contribution is -2.49. The monoisotopic (exact) mass is 348 g/mol. The number of methoxy groups -OCH3 is 1. The lowest BCUT2D eigenvalue weighted by molar-refractivity contribution is -0.0777. The van der Waals surface area contributed by atoms with Crippen LogP contribution in [0.3, 0.4) is 0 Å². The third kappa shape index (κ3) is 5.17. The van der Waals surface area contributed by atoms with E-state index in [9.17, 15) is 5.11 Å². The van der Waals surface area contributed by atoms with Gasteiger partial charge < -0.3 is 19.5 Å². The summed E-state index contributed by atoms with van der Waals surface area (Å²) in [5.74, 6) is 1.46. The summed E-state index contributed by atoms with van der Waals surface area (Å²) in [4.78, 5) is 4.73. The summed E-state index contributed by atoms with van der Waals surface area (Å²) >= 11 is 0. The predicted octanol–water partition coefficient (Wildman–Crippen LogP) is 1.95. The lowest BCUT2D eigenvalue weighted by atomic mass is 9.98. The summed E-state index contributed by atoms with van der Waals surface area (Å²) in [6, 6.07) is 8.40. The van der Waals surface area contributed by atoms with Crippen LogP contribution in [0, 0.1) is 0 Å². The standard InChI is InChI=1S/C20H32N2O3/c1-15-10-22(11-16(2)25-15)14-19(23)13-21-9-8-18(12-21)17-4-6-20(24-3)7-5-17/h4-7,15-16,18-19,23H,8-14H2,1-3H3. The lowest BCUT2D eigenvalue weighted by Gasteiger charge is -2.36. The van der Waals surface area contributed by atoms with E-state index < -0.39 is 0 Å². The average Bonchev–Trinajstić information content (AvgIpc) is 3.02. The van der Waals surface area contributed by atoms with Crippen molar-refractivity contribution >= 4 is 0 Å². The Morgan fingerprint density at radius 3 is 2.36 bits per heavy atom. The van der Waals surface area contributed by atoms with Crippen LogP contribution in [0.5, 0.6) is 5.75 Å². The molecule has 0 spiro atoms. The van der Waals surface area contributed by atoms with Gasteiger partial charge in [-0.25, -0.2) is 0 Å². The molecule has 3 rings (SSSR count). The first kappa shape index (κ1) is 18.6. The van der Waals surface area contributed by atoms with Gasteiger partial charge in [-0.3, -0.25) is 4.90 Å². The second kappa shape index (κ2) is 8.49. The van der Waals surface area contributed by atoms with Gasteiger partial charge in [0.1, 0.15) is 5.75 Å². The van der Waals surface area contributed by atoms with Gasteiger partial charge in [0, 0.05) is 32.7 Å². The number of aliphatic hydroxyl groups excluding tert-OH is 1. The molecule has 5 nitrogen and oxygen atoms in total. The molecular formula is C20H32N2O3. The summed E-state index contributed by atoms with van der Waals surface area (Å²) in [5.41, 5.74) is 1.37. The number of rotatable bonds is 6. The van der Waals surface area contributed by atoms with Crippen molar-refractivity contribution < 1.29 is 14.6 Å². The van der Waals surface area contributed by atoms with Gasteiger partial charge in [-0.05, 0) is 50.4 Å². The number of nitrogens with zero attached hydrogens (tertiary/aromatic N) is 2. The van der Waals surface area contributed by atoms with Crippen molar-refractivity contribution in [2.45, 2.75) is 44.5 Å². The highest BCUT2D eigenvalue weighted by molar-refractivity contribution is 5.30. The first-order valence-electron chi connectivity index (χ1n) is 9.45. The Morgan fingerprint density at radius 2 is 1.72 bits per heavy atom. The minimum atomic E-state index is -0.299. The van der Waals surface area contributed by atoms with Crippen LogP contribution in [0.4, 0.5) is 0 Å². The number of aliphatic hydroxyl groups is 1. The molecule has 1 aromatic carbocycles. The molecule has 0 aromatic heterocycles. The highest BCUT2D eigenvalue weighted by Gasteiger charge is 2.28. The smallest absolute Gasteiger partial charge is 0.118 e. The molecule has 2 heterocycles. The SMILES string of the molecule is COc1ccc(C2CCN(CC(O)CN3CC(C)OC(C)C3)C2)cc1. The first-order chi connectivity index (χ1) is 12.0. The van der Waals surface area contributed by atoms with E-state index in [1.807, 2.05) is 12.1 Å². The number of morpholine rings is 1. The van der Waals surface area contributed by atoms with Crippen LogP contribution >= 0.6 is 0 Å². The topological polar surface area (TPSA) is 45.2 Å². The highest BCUT2D eigenvalue weighted by atomic mass is 16.5. The Labute approximate surface area is 151 Å². The molecule has 0 bridgehead atoms. The minimum Gasteiger partial charge on any atom is -0.497 e. The van der Waals surface area contributed by atoms with Crippen molar-refractivity contribution in [3.8, 4) is 5.75 Å². The molecule has 2 fully saturated rings. The second-order valence-corrected chi connectivity index (χ2v) is 7.65. The zero-order valence-electron chi connectivity index (χ0n) is 15.7. The van der Waals surface area contributed by atoms with E-state index in [0.717, 1.165) is 51.4 Å². The maximum absolute atomic E-state index is 10.5. The molecule has 0 amide bonds. The summed E-state index contributed by atoms with van der Waals surface area (Å²) in [6.07, 6.45) is 1.36. The van der Waals surface area contributed by atoms with Crippen LogP contribution in [0.1, 0.15) is 31.7 Å². The van der Waals surface area contributed by atoms with Crippen LogP contribution in [0.15, 0.2) is 24.3 Å². The summed E-state index contributed by atoms with van der Waals surface area (Å²) in [6.45, 7) is 9.62. The van der Waals surface area contributed by atoms with Crippen LogP contribution in [-0.2, 0) is 4.74 Å². The Kier molecular flexibility index (Phi) is 6.34. The van der Waals surface area contributed by atoms with Crippen LogP contribution in [0.25, 0.3) is 0 Å². The van der Waals surface area contributed by atoms with Gasteiger partial charge >= 0.3 is 0 Å². The largest absolute Gasteiger partial charge is 0.497 e. The molecule has 0 aliphatic carbocycles. The van der Waals surface area contributed by atoms with Crippen molar-refractivity contribution in [1.29, 1.82) is 0 Å². The van der Waals surface area contributed by atoms with Crippen molar-refractivity contribution in [1.82, 2.24) is 9.80 Å². The Hall–Kier alpha value is -1.14. The van der Waals surface area contributed by atoms with Crippen LogP contribution in [0.2, 0.25) is 0 Å². The maximum Gasteiger partial charge on any atom is 0.118 e. The molecule has 25 heavy (non-hydrogen) atoms. The van der Waals surface area contributed by atoms with Crippen LogP contribution < -0.4 is 4.74 Å². The fourth-order valence-corrected chi connectivity index (χ4v) is 4.23. The molecule has 2 aliphatic heterocycles. The van der Waals surface area contributed by atoms with Gasteiger partial charge in [0.2, 0.25) is 0 Å².